The third-order valence-corrected chi connectivity index (χ3v) is 4.33. The van der Waals surface area contributed by atoms with E-state index in [1.165, 1.54) is 44.9 Å². The van der Waals surface area contributed by atoms with E-state index in [1.54, 1.807) is 22.3 Å². The summed E-state index contributed by atoms with van der Waals surface area (Å²) in [6.45, 7) is 7.01. The zero-order valence-corrected chi connectivity index (χ0v) is 10.5. The fraction of sp³-hybridized carbons (Fsp3) is 0.733. The predicted octanol–water partition coefficient (Wildman–Crippen LogP) is 5.01. The van der Waals surface area contributed by atoms with Crippen LogP contribution in [0.1, 0.15) is 65.7 Å². The Morgan fingerprint density at radius 3 is 2.60 bits per heavy atom. The summed E-state index contributed by atoms with van der Waals surface area (Å²) in [5.41, 5.74) is 6.87. The quantitative estimate of drug-likeness (QED) is 0.593. The maximum Gasteiger partial charge on any atom is 0.00186 e. The van der Waals surface area contributed by atoms with E-state index in [0.29, 0.717) is 0 Å². The van der Waals surface area contributed by atoms with Crippen LogP contribution in [0.2, 0.25) is 0 Å². The van der Waals surface area contributed by atoms with Gasteiger partial charge in [-0.15, -0.1) is 0 Å². The van der Waals surface area contributed by atoms with Crippen molar-refractivity contribution in [3.05, 3.63) is 22.3 Å². The van der Waals surface area contributed by atoms with Crippen molar-refractivity contribution >= 4 is 0 Å². The Hall–Kier alpha value is -0.520. The first-order chi connectivity index (χ1) is 7.25. The van der Waals surface area contributed by atoms with Crippen molar-refractivity contribution in [2.75, 3.05) is 0 Å². The second kappa shape index (κ2) is 4.55. The molecule has 0 amide bonds. The van der Waals surface area contributed by atoms with Gasteiger partial charge in [-0.2, -0.15) is 0 Å². The molecule has 1 saturated carbocycles. The molecule has 2 aliphatic rings. The highest BCUT2D eigenvalue weighted by molar-refractivity contribution is 5.48. The molecule has 2 aliphatic carbocycles. The molecule has 0 spiro atoms. The lowest BCUT2D eigenvalue weighted by Gasteiger charge is -2.16. The fourth-order valence-electron chi connectivity index (χ4n) is 3.40. The summed E-state index contributed by atoms with van der Waals surface area (Å²) in [4.78, 5) is 0. The monoisotopic (exact) mass is 204 g/mol. The molecule has 0 aromatic rings. The van der Waals surface area contributed by atoms with Gasteiger partial charge in [-0.25, -0.2) is 0 Å². The van der Waals surface area contributed by atoms with Crippen molar-refractivity contribution in [1.29, 1.82) is 0 Å². The summed E-state index contributed by atoms with van der Waals surface area (Å²) < 4.78 is 0. The lowest BCUT2D eigenvalue weighted by atomic mass is 9.88. The minimum atomic E-state index is 0.854. The van der Waals surface area contributed by atoms with Gasteiger partial charge in [0.1, 0.15) is 0 Å². The molecule has 0 nitrogen and oxygen atoms in total. The van der Waals surface area contributed by atoms with E-state index in [2.05, 4.69) is 20.8 Å². The minimum Gasteiger partial charge on any atom is -0.0651 e. The standard InChI is InChI=1S/C15H24/c1-4-8-13-11(2)12(3)14-9-6-5-7-10-15(13)14/h15H,4-10H2,1-3H3. The fourth-order valence-corrected chi connectivity index (χ4v) is 3.40. The van der Waals surface area contributed by atoms with Crippen molar-refractivity contribution in [1.82, 2.24) is 0 Å². The first kappa shape index (κ1) is 11.0. The number of hydrogen-bond donors (Lipinski definition) is 0. The molecule has 0 bridgehead atoms. The van der Waals surface area contributed by atoms with Gasteiger partial charge >= 0.3 is 0 Å². The second-order valence-corrected chi connectivity index (χ2v) is 5.20. The maximum absolute atomic E-state index is 2.35. The van der Waals surface area contributed by atoms with E-state index in [1.807, 2.05) is 0 Å². The summed E-state index contributed by atoms with van der Waals surface area (Å²) in [6.07, 6.45) is 9.77. The van der Waals surface area contributed by atoms with Gasteiger partial charge in [0.15, 0.2) is 0 Å². The summed E-state index contributed by atoms with van der Waals surface area (Å²) in [7, 11) is 0. The second-order valence-electron chi connectivity index (χ2n) is 5.20. The molecule has 1 atom stereocenters. The van der Waals surface area contributed by atoms with Gasteiger partial charge < -0.3 is 0 Å². The SMILES string of the molecule is CCCC1=C(C)C(C)=C2CCCCCC12. The molecule has 15 heavy (non-hydrogen) atoms. The van der Waals surface area contributed by atoms with Gasteiger partial charge in [-0.3, -0.25) is 0 Å². The Morgan fingerprint density at radius 2 is 1.87 bits per heavy atom. The highest BCUT2D eigenvalue weighted by Crippen LogP contribution is 2.45. The number of fused-ring (bicyclic) bond motifs is 1. The predicted molar refractivity (Wildman–Crippen MR) is 66.9 cm³/mol. The highest BCUT2D eigenvalue weighted by Gasteiger charge is 2.29. The first-order valence-corrected chi connectivity index (χ1v) is 6.65. The molecule has 0 heterocycles. The van der Waals surface area contributed by atoms with Crippen molar-refractivity contribution < 1.29 is 0 Å². The molecule has 2 rings (SSSR count). The molecular formula is C15H24. The van der Waals surface area contributed by atoms with Crippen LogP contribution in [-0.2, 0) is 0 Å². The third-order valence-electron chi connectivity index (χ3n) is 4.33. The maximum atomic E-state index is 2.35. The molecule has 0 heteroatoms. The summed E-state index contributed by atoms with van der Waals surface area (Å²) in [5.74, 6) is 0.854. The van der Waals surface area contributed by atoms with Gasteiger partial charge in [0, 0.05) is 5.92 Å². The zero-order valence-electron chi connectivity index (χ0n) is 10.5. The molecule has 0 N–H and O–H groups in total. The van der Waals surface area contributed by atoms with Gasteiger partial charge in [-0.05, 0) is 50.7 Å². The summed E-state index contributed by atoms with van der Waals surface area (Å²) >= 11 is 0. The average Bonchev–Trinajstić information content (AvgIpc) is 2.47. The molecule has 84 valence electrons. The van der Waals surface area contributed by atoms with E-state index in [0.717, 1.165) is 5.92 Å². The van der Waals surface area contributed by atoms with Crippen LogP contribution in [-0.4, -0.2) is 0 Å². The lowest BCUT2D eigenvalue weighted by Crippen LogP contribution is -2.03. The van der Waals surface area contributed by atoms with Crippen LogP contribution in [0.25, 0.3) is 0 Å². The van der Waals surface area contributed by atoms with Crippen LogP contribution >= 0.6 is 0 Å². The van der Waals surface area contributed by atoms with Crippen LogP contribution in [0.3, 0.4) is 0 Å². The number of allylic oxidation sites excluding steroid dienone is 4. The Labute approximate surface area is 94.5 Å². The topological polar surface area (TPSA) is 0 Å². The Morgan fingerprint density at radius 1 is 1.07 bits per heavy atom. The summed E-state index contributed by atoms with van der Waals surface area (Å²) in [6, 6.07) is 0. The van der Waals surface area contributed by atoms with E-state index in [9.17, 15) is 0 Å². The van der Waals surface area contributed by atoms with Crippen molar-refractivity contribution in [2.45, 2.75) is 65.7 Å². The van der Waals surface area contributed by atoms with Crippen molar-refractivity contribution in [3.8, 4) is 0 Å². The largest absolute Gasteiger partial charge is 0.0651 e. The van der Waals surface area contributed by atoms with E-state index >= 15 is 0 Å². The first-order valence-electron chi connectivity index (χ1n) is 6.65. The Kier molecular flexibility index (Phi) is 3.33. The van der Waals surface area contributed by atoms with Gasteiger partial charge in [0.2, 0.25) is 0 Å². The Bertz CT molecular complexity index is 302. The van der Waals surface area contributed by atoms with E-state index in [4.69, 9.17) is 0 Å². The zero-order chi connectivity index (χ0) is 10.8. The van der Waals surface area contributed by atoms with Crippen LogP contribution in [0.5, 0.6) is 0 Å². The molecule has 0 radical (unpaired) electrons. The van der Waals surface area contributed by atoms with Crippen LogP contribution < -0.4 is 0 Å². The number of rotatable bonds is 2. The smallest absolute Gasteiger partial charge is 0.00186 e. The van der Waals surface area contributed by atoms with Gasteiger partial charge in [-0.1, -0.05) is 37.3 Å². The van der Waals surface area contributed by atoms with Gasteiger partial charge in [0.05, 0.1) is 0 Å². The van der Waals surface area contributed by atoms with Crippen LogP contribution in [0.4, 0.5) is 0 Å². The third kappa shape index (κ3) is 1.91. The molecule has 1 fully saturated rings. The van der Waals surface area contributed by atoms with Crippen LogP contribution in [0.15, 0.2) is 22.3 Å². The van der Waals surface area contributed by atoms with E-state index < -0.39 is 0 Å². The van der Waals surface area contributed by atoms with Crippen molar-refractivity contribution in [2.24, 2.45) is 5.92 Å². The molecule has 1 unspecified atom stereocenters. The molecule has 0 saturated heterocycles. The van der Waals surface area contributed by atoms with Crippen LogP contribution in [0, 0.1) is 5.92 Å². The molecule has 0 aromatic heterocycles. The highest BCUT2D eigenvalue weighted by atomic mass is 14.3. The summed E-state index contributed by atoms with van der Waals surface area (Å²) in [5, 5.41) is 0. The van der Waals surface area contributed by atoms with Crippen molar-refractivity contribution in [3.63, 3.8) is 0 Å². The Balaban J connectivity index is 2.27. The van der Waals surface area contributed by atoms with E-state index in [-0.39, 0.29) is 0 Å². The van der Waals surface area contributed by atoms with Gasteiger partial charge in [0.25, 0.3) is 0 Å². The minimum absolute atomic E-state index is 0.854. The molecule has 0 aliphatic heterocycles. The number of hydrogen-bond acceptors (Lipinski definition) is 0. The lowest BCUT2D eigenvalue weighted by molar-refractivity contribution is 0.599. The molecule has 0 aromatic carbocycles. The molecular weight excluding hydrogens is 180 g/mol. The normalized spacial score (nSPS) is 27.0. The average molecular weight is 204 g/mol.